The van der Waals surface area contributed by atoms with E-state index in [1.807, 2.05) is 0 Å². The molecule has 0 saturated heterocycles. The minimum atomic E-state index is -5.75. The molecule has 1 fully saturated rings. The predicted octanol–water partition coefficient (Wildman–Crippen LogP) is 2.85. The summed E-state index contributed by atoms with van der Waals surface area (Å²) < 4.78 is 104. The lowest BCUT2D eigenvalue weighted by atomic mass is 9.78. The van der Waals surface area contributed by atoms with Gasteiger partial charge in [0.2, 0.25) is 0 Å². The fraction of sp³-hybridized carbons (Fsp3) is 0.812. The Morgan fingerprint density at radius 3 is 2.14 bits per heavy atom. The summed E-state index contributed by atoms with van der Waals surface area (Å²) in [5, 5.41) is 5.36. The van der Waals surface area contributed by atoms with E-state index >= 15 is 0 Å². The zero-order valence-corrected chi connectivity index (χ0v) is 16.4. The Bertz CT molecular complexity index is 697. The third-order valence-electron chi connectivity index (χ3n) is 4.65. The van der Waals surface area contributed by atoms with E-state index in [1.54, 1.807) is 0 Å². The van der Waals surface area contributed by atoms with E-state index in [-0.39, 0.29) is 12.8 Å². The number of hydrogen-bond acceptors (Lipinski definition) is 6. The number of carbonyl (C=O) groups excluding carboxylic acids is 1. The third-order valence-corrected chi connectivity index (χ3v) is 5.53. The molecular formula is C16H23F5O7S. The van der Waals surface area contributed by atoms with Crippen LogP contribution in [0.15, 0.2) is 12.2 Å². The first kappa shape index (κ1) is 25.7. The lowest BCUT2D eigenvalue weighted by Gasteiger charge is -2.40. The highest BCUT2D eigenvalue weighted by Crippen LogP contribution is 2.41. The Hall–Kier alpha value is -1.31. The predicted molar refractivity (Wildman–Crippen MR) is 89.6 cm³/mol. The number of esters is 1. The molecule has 0 amide bonds. The standard InChI is InChI=1S/C16H23F5O7S/c1-10(8-27-9-15(17,18)29(24,25)26)13(22)28-12(11-6-4-3-5-7-11)14(2,23)16(19,20)21/h11-12,23H,1,3-9H2,2H3,(H,24,25,26). The van der Waals surface area contributed by atoms with Crippen LogP contribution in [0, 0.1) is 5.92 Å². The Balaban J connectivity index is 2.82. The van der Waals surface area contributed by atoms with Gasteiger partial charge in [0.25, 0.3) is 0 Å². The maximum Gasteiger partial charge on any atom is 0.420 e. The number of rotatable bonds is 9. The average Bonchev–Trinajstić information content (AvgIpc) is 2.57. The van der Waals surface area contributed by atoms with Crippen molar-refractivity contribution in [3.8, 4) is 0 Å². The number of alkyl halides is 5. The normalized spacial score (nSPS) is 20.0. The minimum Gasteiger partial charge on any atom is -0.455 e. The molecule has 1 aliphatic rings. The van der Waals surface area contributed by atoms with Gasteiger partial charge in [-0.1, -0.05) is 25.8 Å². The first-order valence-electron chi connectivity index (χ1n) is 8.61. The van der Waals surface area contributed by atoms with Gasteiger partial charge in [-0.2, -0.15) is 30.4 Å². The quantitative estimate of drug-likeness (QED) is 0.239. The van der Waals surface area contributed by atoms with Crippen LogP contribution in [0.2, 0.25) is 0 Å². The molecule has 1 saturated carbocycles. The summed E-state index contributed by atoms with van der Waals surface area (Å²) in [4.78, 5) is 12.1. The van der Waals surface area contributed by atoms with E-state index in [0.29, 0.717) is 19.8 Å². The Kier molecular flexibility index (Phi) is 8.19. The van der Waals surface area contributed by atoms with E-state index in [1.165, 1.54) is 0 Å². The van der Waals surface area contributed by atoms with Crippen molar-refractivity contribution in [3.05, 3.63) is 12.2 Å². The first-order valence-corrected chi connectivity index (χ1v) is 10.0. The van der Waals surface area contributed by atoms with Crippen LogP contribution in [0.5, 0.6) is 0 Å². The summed E-state index contributed by atoms with van der Waals surface area (Å²) in [5.74, 6) is -2.19. The van der Waals surface area contributed by atoms with Crippen molar-refractivity contribution in [2.45, 2.75) is 62.2 Å². The van der Waals surface area contributed by atoms with Gasteiger partial charge in [0.15, 0.2) is 5.60 Å². The highest BCUT2D eigenvalue weighted by atomic mass is 32.2. The van der Waals surface area contributed by atoms with Gasteiger partial charge in [-0.15, -0.1) is 0 Å². The van der Waals surface area contributed by atoms with Crippen molar-refractivity contribution >= 4 is 16.1 Å². The number of hydrogen-bond donors (Lipinski definition) is 2. The number of halogens is 5. The molecule has 0 bridgehead atoms. The summed E-state index contributed by atoms with van der Waals surface area (Å²) in [6.45, 7) is 0.832. The van der Waals surface area contributed by atoms with Crippen molar-refractivity contribution in [2.24, 2.45) is 5.92 Å². The van der Waals surface area contributed by atoms with Crippen LogP contribution in [-0.2, 0) is 24.4 Å². The molecule has 0 radical (unpaired) electrons. The third kappa shape index (κ3) is 6.59. The maximum atomic E-state index is 13.3. The van der Waals surface area contributed by atoms with Crippen molar-refractivity contribution in [3.63, 3.8) is 0 Å². The zero-order valence-electron chi connectivity index (χ0n) is 15.5. The molecule has 7 nitrogen and oxygen atoms in total. The highest BCUT2D eigenvalue weighted by molar-refractivity contribution is 7.86. The first-order chi connectivity index (χ1) is 13.0. The molecule has 2 unspecified atom stereocenters. The molecular weight excluding hydrogens is 431 g/mol. The molecule has 0 aromatic carbocycles. The molecule has 2 atom stereocenters. The van der Waals surface area contributed by atoms with Crippen LogP contribution in [-0.4, -0.2) is 60.4 Å². The molecule has 0 aromatic rings. The van der Waals surface area contributed by atoms with Crippen LogP contribution >= 0.6 is 0 Å². The molecule has 0 spiro atoms. The summed E-state index contributed by atoms with van der Waals surface area (Å²) in [6, 6.07) is 0. The van der Waals surface area contributed by atoms with Gasteiger partial charge in [-0.3, -0.25) is 4.55 Å². The molecule has 0 heterocycles. The lowest BCUT2D eigenvalue weighted by Crippen LogP contribution is -2.57. The molecule has 0 aromatic heterocycles. The Morgan fingerprint density at radius 2 is 1.69 bits per heavy atom. The SMILES string of the molecule is C=C(COCC(F)(F)S(=O)(=O)O)C(=O)OC(C1CCCCC1)C(C)(O)C(F)(F)F. The highest BCUT2D eigenvalue weighted by Gasteiger charge is 2.59. The van der Waals surface area contributed by atoms with Gasteiger partial charge in [0, 0.05) is 0 Å². The van der Waals surface area contributed by atoms with Crippen LogP contribution < -0.4 is 0 Å². The molecule has 29 heavy (non-hydrogen) atoms. The molecule has 2 N–H and O–H groups in total. The summed E-state index contributed by atoms with van der Waals surface area (Å²) >= 11 is 0. The summed E-state index contributed by atoms with van der Waals surface area (Å²) in [6.07, 6.45) is -4.53. The number of aliphatic hydroxyl groups is 1. The lowest BCUT2D eigenvalue weighted by molar-refractivity contribution is -0.292. The van der Waals surface area contributed by atoms with Crippen LogP contribution in [0.3, 0.4) is 0 Å². The van der Waals surface area contributed by atoms with Crippen molar-refractivity contribution in [2.75, 3.05) is 13.2 Å². The van der Waals surface area contributed by atoms with E-state index < -0.39 is 63.9 Å². The van der Waals surface area contributed by atoms with Gasteiger partial charge in [-0.05, 0) is 25.7 Å². The van der Waals surface area contributed by atoms with Crippen molar-refractivity contribution in [1.82, 2.24) is 0 Å². The van der Waals surface area contributed by atoms with E-state index in [0.717, 1.165) is 6.42 Å². The molecule has 13 heteroatoms. The van der Waals surface area contributed by atoms with Gasteiger partial charge < -0.3 is 14.6 Å². The zero-order chi connectivity index (χ0) is 22.7. The van der Waals surface area contributed by atoms with Gasteiger partial charge in [-0.25, -0.2) is 4.79 Å². The van der Waals surface area contributed by atoms with Gasteiger partial charge in [0.05, 0.1) is 12.2 Å². The molecule has 0 aliphatic heterocycles. The van der Waals surface area contributed by atoms with E-state index in [9.17, 15) is 40.3 Å². The molecule has 170 valence electrons. The van der Waals surface area contributed by atoms with Crippen LogP contribution in [0.25, 0.3) is 0 Å². The van der Waals surface area contributed by atoms with Crippen LogP contribution in [0.4, 0.5) is 22.0 Å². The smallest absolute Gasteiger partial charge is 0.420 e. The maximum absolute atomic E-state index is 13.3. The van der Waals surface area contributed by atoms with E-state index in [4.69, 9.17) is 9.29 Å². The second-order valence-corrected chi connectivity index (χ2v) is 8.63. The summed E-state index contributed by atoms with van der Waals surface area (Å²) in [5.41, 5.74) is -4.03. The van der Waals surface area contributed by atoms with Gasteiger partial charge in [0.1, 0.15) is 12.7 Å². The fourth-order valence-electron chi connectivity index (χ4n) is 2.89. The minimum absolute atomic E-state index is 0.285. The fourth-order valence-corrected chi connectivity index (χ4v) is 3.13. The van der Waals surface area contributed by atoms with E-state index in [2.05, 4.69) is 11.3 Å². The average molecular weight is 454 g/mol. The second-order valence-electron chi connectivity index (χ2n) is 7.08. The Morgan fingerprint density at radius 1 is 1.17 bits per heavy atom. The summed E-state index contributed by atoms with van der Waals surface area (Å²) in [7, 11) is -5.75. The second kappa shape index (κ2) is 9.23. The monoisotopic (exact) mass is 454 g/mol. The van der Waals surface area contributed by atoms with Gasteiger partial charge >= 0.3 is 27.5 Å². The molecule has 1 aliphatic carbocycles. The molecule has 1 rings (SSSR count). The number of ether oxygens (including phenoxy) is 2. The number of carbonyl (C=O) groups is 1. The Labute approximate surface area is 164 Å². The van der Waals surface area contributed by atoms with Crippen LogP contribution in [0.1, 0.15) is 39.0 Å². The van der Waals surface area contributed by atoms with Crippen molar-refractivity contribution < 1.29 is 54.3 Å². The van der Waals surface area contributed by atoms with Crippen molar-refractivity contribution in [1.29, 1.82) is 0 Å². The largest absolute Gasteiger partial charge is 0.455 e. The topological polar surface area (TPSA) is 110 Å².